The third-order valence-corrected chi connectivity index (χ3v) is 3.40. The smallest absolute Gasteiger partial charge is 0.238 e. The number of rotatable bonds is 3. The van der Waals surface area contributed by atoms with E-state index in [0.29, 0.717) is 22.3 Å². The summed E-state index contributed by atoms with van der Waals surface area (Å²) in [6.07, 6.45) is 3.62. The van der Waals surface area contributed by atoms with E-state index in [-0.39, 0.29) is 5.91 Å². The lowest BCUT2D eigenvalue weighted by atomic mass is 10.1. The molecule has 0 spiro atoms. The quantitative estimate of drug-likeness (QED) is 0.924. The molecule has 1 aliphatic heterocycles. The molecule has 0 saturated carbocycles. The van der Waals surface area contributed by atoms with Gasteiger partial charge in [-0.25, -0.2) is 0 Å². The first-order chi connectivity index (χ1) is 8.63. The zero-order valence-corrected chi connectivity index (χ0v) is 11.6. The highest BCUT2D eigenvalue weighted by Crippen LogP contribution is 2.22. The molecule has 0 aliphatic carbocycles. The van der Waals surface area contributed by atoms with Gasteiger partial charge in [0.15, 0.2) is 0 Å². The van der Waals surface area contributed by atoms with Gasteiger partial charge in [-0.1, -0.05) is 29.6 Å². The number of nitrogens with one attached hydrogen (secondary N) is 1. The fraction of sp³-hybridized carbons (Fsp3) is 0.462. The van der Waals surface area contributed by atoms with E-state index >= 15 is 0 Å². The first-order valence-electron chi connectivity index (χ1n) is 6.12. The summed E-state index contributed by atoms with van der Waals surface area (Å²) < 4.78 is 0. The molecule has 1 saturated heterocycles. The number of anilines is 1. The second kappa shape index (κ2) is 6.41. The lowest BCUT2D eigenvalue weighted by Crippen LogP contribution is -2.36. The summed E-state index contributed by atoms with van der Waals surface area (Å²) in [5.74, 6) is -0.0183. The van der Waals surface area contributed by atoms with E-state index in [4.69, 9.17) is 23.2 Å². The van der Waals surface area contributed by atoms with Crippen LogP contribution in [0.1, 0.15) is 19.3 Å². The molecular formula is C13H16Cl2N2O. The Bertz CT molecular complexity index is 411. The number of carbonyl (C=O) groups excluding carboxylic acids is 1. The van der Waals surface area contributed by atoms with Crippen LogP contribution in [0.2, 0.25) is 10.0 Å². The van der Waals surface area contributed by atoms with Crippen molar-refractivity contribution in [3.8, 4) is 0 Å². The van der Waals surface area contributed by atoms with Gasteiger partial charge < -0.3 is 5.32 Å². The molecule has 3 nitrogen and oxygen atoms in total. The maximum Gasteiger partial charge on any atom is 0.238 e. The first kappa shape index (κ1) is 13.7. The number of hydrogen-bond acceptors (Lipinski definition) is 2. The van der Waals surface area contributed by atoms with Crippen LogP contribution in [-0.2, 0) is 4.79 Å². The Balaban J connectivity index is 1.89. The van der Waals surface area contributed by atoms with Gasteiger partial charge in [0.25, 0.3) is 0 Å². The van der Waals surface area contributed by atoms with Gasteiger partial charge in [-0.3, -0.25) is 9.69 Å². The standard InChI is InChI=1S/C13H16Cl2N2O/c14-10-6-11(15)8-12(7-10)16-13(18)9-17-4-2-1-3-5-17/h6-8H,1-5,9H2,(H,16,18). The Kier molecular flexibility index (Phi) is 4.87. The third-order valence-electron chi connectivity index (χ3n) is 2.96. The minimum absolute atomic E-state index is 0.0183. The van der Waals surface area contributed by atoms with Crippen LogP contribution in [0, 0.1) is 0 Å². The van der Waals surface area contributed by atoms with Crippen LogP contribution in [0.5, 0.6) is 0 Å². The highest BCUT2D eigenvalue weighted by Gasteiger charge is 2.14. The minimum Gasteiger partial charge on any atom is -0.325 e. The molecule has 0 aromatic heterocycles. The molecule has 0 bridgehead atoms. The first-order valence-corrected chi connectivity index (χ1v) is 6.87. The second-order valence-electron chi connectivity index (χ2n) is 4.54. The molecule has 0 atom stereocenters. The molecule has 1 aromatic carbocycles. The Hall–Kier alpha value is -0.770. The molecule has 98 valence electrons. The van der Waals surface area contributed by atoms with Gasteiger partial charge in [0.2, 0.25) is 5.91 Å². The summed E-state index contributed by atoms with van der Waals surface area (Å²) in [5, 5.41) is 3.87. The van der Waals surface area contributed by atoms with Crippen LogP contribution in [0.25, 0.3) is 0 Å². The molecule has 1 N–H and O–H groups in total. The number of hydrogen-bond donors (Lipinski definition) is 1. The van der Waals surface area contributed by atoms with Gasteiger partial charge in [0, 0.05) is 15.7 Å². The number of likely N-dealkylation sites (tertiary alicyclic amines) is 1. The minimum atomic E-state index is -0.0183. The summed E-state index contributed by atoms with van der Waals surface area (Å²) in [7, 11) is 0. The van der Waals surface area contributed by atoms with Crippen molar-refractivity contribution in [1.29, 1.82) is 0 Å². The fourth-order valence-corrected chi connectivity index (χ4v) is 2.67. The average Bonchev–Trinajstić information content (AvgIpc) is 2.28. The van der Waals surface area contributed by atoms with E-state index in [9.17, 15) is 4.79 Å². The predicted octanol–water partition coefficient (Wildman–Crippen LogP) is 3.42. The van der Waals surface area contributed by atoms with Crippen LogP contribution in [0.4, 0.5) is 5.69 Å². The second-order valence-corrected chi connectivity index (χ2v) is 5.42. The van der Waals surface area contributed by atoms with Crippen LogP contribution in [0.3, 0.4) is 0 Å². The van der Waals surface area contributed by atoms with Crippen molar-refractivity contribution >= 4 is 34.8 Å². The van der Waals surface area contributed by atoms with E-state index in [2.05, 4.69) is 10.2 Å². The molecular weight excluding hydrogens is 271 g/mol. The van der Waals surface area contributed by atoms with E-state index in [1.807, 2.05) is 0 Å². The molecule has 1 amide bonds. The molecule has 1 aromatic rings. The highest BCUT2D eigenvalue weighted by atomic mass is 35.5. The highest BCUT2D eigenvalue weighted by molar-refractivity contribution is 6.35. The van der Waals surface area contributed by atoms with Gasteiger partial charge in [0.1, 0.15) is 0 Å². The average molecular weight is 287 g/mol. The van der Waals surface area contributed by atoms with Crippen molar-refractivity contribution in [3.05, 3.63) is 28.2 Å². The Morgan fingerprint density at radius 2 is 1.72 bits per heavy atom. The number of amides is 1. The maximum absolute atomic E-state index is 11.9. The summed E-state index contributed by atoms with van der Waals surface area (Å²) in [4.78, 5) is 14.0. The van der Waals surface area contributed by atoms with Gasteiger partial charge >= 0.3 is 0 Å². The van der Waals surface area contributed by atoms with Gasteiger partial charge in [-0.05, 0) is 44.1 Å². The lowest BCUT2D eigenvalue weighted by Gasteiger charge is -2.25. The molecule has 1 aliphatic rings. The Labute approximate surface area is 117 Å². The van der Waals surface area contributed by atoms with Crippen molar-refractivity contribution in [1.82, 2.24) is 4.90 Å². The zero-order valence-electron chi connectivity index (χ0n) is 10.1. The molecule has 5 heteroatoms. The number of benzene rings is 1. The van der Waals surface area contributed by atoms with Crippen molar-refractivity contribution < 1.29 is 4.79 Å². The zero-order chi connectivity index (χ0) is 13.0. The van der Waals surface area contributed by atoms with Crippen LogP contribution >= 0.6 is 23.2 Å². The largest absolute Gasteiger partial charge is 0.325 e. The molecule has 2 rings (SSSR count). The SMILES string of the molecule is O=C(CN1CCCCC1)Nc1cc(Cl)cc(Cl)c1. The number of nitrogens with zero attached hydrogens (tertiary/aromatic N) is 1. The van der Waals surface area contributed by atoms with Crippen molar-refractivity contribution in [2.24, 2.45) is 0 Å². The summed E-state index contributed by atoms with van der Waals surface area (Å²) in [5.41, 5.74) is 0.648. The van der Waals surface area contributed by atoms with Crippen molar-refractivity contribution in [2.75, 3.05) is 25.0 Å². The van der Waals surface area contributed by atoms with E-state index in [1.54, 1.807) is 18.2 Å². The topological polar surface area (TPSA) is 32.3 Å². The van der Waals surface area contributed by atoms with Gasteiger partial charge in [0.05, 0.1) is 6.54 Å². The Morgan fingerprint density at radius 1 is 1.11 bits per heavy atom. The number of piperidine rings is 1. The van der Waals surface area contributed by atoms with E-state index in [1.165, 1.54) is 19.3 Å². The van der Waals surface area contributed by atoms with Crippen LogP contribution < -0.4 is 5.32 Å². The van der Waals surface area contributed by atoms with Crippen molar-refractivity contribution in [2.45, 2.75) is 19.3 Å². The van der Waals surface area contributed by atoms with Gasteiger partial charge in [-0.2, -0.15) is 0 Å². The normalized spacial score (nSPS) is 16.6. The molecule has 1 fully saturated rings. The fourth-order valence-electron chi connectivity index (χ4n) is 2.15. The number of carbonyl (C=O) groups is 1. The van der Waals surface area contributed by atoms with Crippen LogP contribution in [-0.4, -0.2) is 30.4 Å². The maximum atomic E-state index is 11.9. The molecule has 0 radical (unpaired) electrons. The predicted molar refractivity (Wildman–Crippen MR) is 75.4 cm³/mol. The monoisotopic (exact) mass is 286 g/mol. The third kappa shape index (κ3) is 4.16. The molecule has 1 heterocycles. The van der Waals surface area contributed by atoms with E-state index < -0.39 is 0 Å². The summed E-state index contributed by atoms with van der Waals surface area (Å²) in [6.45, 7) is 2.44. The summed E-state index contributed by atoms with van der Waals surface area (Å²) >= 11 is 11.8. The molecule has 18 heavy (non-hydrogen) atoms. The number of halogens is 2. The van der Waals surface area contributed by atoms with Gasteiger partial charge in [-0.15, -0.1) is 0 Å². The van der Waals surface area contributed by atoms with Crippen molar-refractivity contribution in [3.63, 3.8) is 0 Å². The summed E-state index contributed by atoms with van der Waals surface area (Å²) in [6, 6.07) is 5.03. The van der Waals surface area contributed by atoms with Crippen LogP contribution in [0.15, 0.2) is 18.2 Å². The molecule has 0 unspecified atom stereocenters. The Morgan fingerprint density at radius 3 is 2.33 bits per heavy atom. The lowest BCUT2D eigenvalue weighted by molar-refractivity contribution is -0.117. The van der Waals surface area contributed by atoms with E-state index in [0.717, 1.165) is 13.1 Å².